The van der Waals surface area contributed by atoms with Crippen LogP contribution in [0.2, 0.25) is 0 Å². The highest BCUT2D eigenvalue weighted by Crippen LogP contribution is 2.37. The minimum Gasteiger partial charge on any atom is -0.378 e. The molecule has 0 amide bonds. The molecule has 0 unspecified atom stereocenters. The number of benzene rings is 4. The van der Waals surface area contributed by atoms with Crippen LogP contribution < -0.4 is 9.80 Å². The summed E-state index contributed by atoms with van der Waals surface area (Å²) in [6.45, 7) is 5.32. The van der Waals surface area contributed by atoms with E-state index in [2.05, 4.69) is 116 Å². The van der Waals surface area contributed by atoms with Gasteiger partial charge in [-0.2, -0.15) is 9.97 Å². The summed E-state index contributed by atoms with van der Waals surface area (Å²) in [6.07, 6.45) is 0. The van der Waals surface area contributed by atoms with E-state index in [-0.39, 0.29) is 0 Å². The predicted octanol–water partition coefficient (Wildman–Crippen LogP) is 6.29. The summed E-state index contributed by atoms with van der Waals surface area (Å²) >= 11 is 0. The zero-order valence-electron chi connectivity index (χ0n) is 26.3. The number of morpholine rings is 2. The van der Waals surface area contributed by atoms with E-state index in [9.17, 15) is 0 Å². The summed E-state index contributed by atoms with van der Waals surface area (Å²) < 4.78 is 16.0. The van der Waals surface area contributed by atoms with Crippen molar-refractivity contribution in [3.63, 3.8) is 0 Å². The molecular weight excluding hydrogens is 600 g/mol. The lowest BCUT2D eigenvalue weighted by Gasteiger charge is -2.31. The molecule has 10 rings (SSSR count). The van der Waals surface area contributed by atoms with Crippen LogP contribution in [0, 0.1) is 0 Å². The lowest BCUT2D eigenvalue weighted by molar-refractivity contribution is 0.122. The van der Waals surface area contributed by atoms with Gasteiger partial charge in [-0.3, -0.25) is 9.13 Å². The van der Waals surface area contributed by atoms with Crippen LogP contribution in [0.5, 0.6) is 0 Å². The number of anilines is 2. The molecule has 8 aromatic rings. The fourth-order valence-corrected chi connectivity index (χ4v) is 7.43. The Kier molecular flexibility index (Phi) is 6.31. The third-order valence-corrected chi connectivity index (χ3v) is 9.66. The van der Waals surface area contributed by atoms with Gasteiger partial charge in [-0.05, 0) is 24.3 Å². The minimum atomic E-state index is 0.601. The second kappa shape index (κ2) is 11.0. The number of rotatable bonds is 4. The molecule has 4 aromatic heterocycles. The molecule has 0 aliphatic carbocycles. The van der Waals surface area contributed by atoms with Gasteiger partial charge in [-0.15, -0.1) is 0 Å². The minimum absolute atomic E-state index is 0.601. The Bertz CT molecular complexity index is 2230. The molecule has 10 heteroatoms. The SMILES string of the molecule is c1ccc2c(c1)c1ccccc1n2-c1nc(N2CCOCC2)c2nc(-n3c4ccccc4c4ccccc43)nc(N3CCOCC3)c2n1. The molecule has 2 saturated heterocycles. The summed E-state index contributed by atoms with van der Waals surface area (Å²) in [4.78, 5) is 26.1. The highest BCUT2D eigenvalue weighted by atomic mass is 16.5. The molecule has 0 bridgehead atoms. The van der Waals surface area contributed by atoms with Gasteiger partial charge in [0.25, 0.3) is 0 Å². The number of nitrogens with zero attached hydrogens (tertiary/aromatic N) is 8. The first kappa shape index (κ1) is 27.5. The number of fused-ring (bicyclic) bond motifs is 7. The number of ether oxygens (including phenoxy) is 2. The monoisotopic (exact) mass is 632 g/mol. The summed E-state index contributed by atoms with van der Waals surface area (Å²) in [5.41, 5.74) is 5.69. The largest absolute Gasteiger partial charge is 0.378 e. The topological polar surface area (TPSA) is 86.4 Å². The number of hydrogen-bond donors (Lipinski definition) is 0. The van der Waals surface area contributed by atoms with E-state index in [0.717, 1.165) is 66.3 Å². The van der Waals surface area contributed by atoms with E-state index in [1.807, 2.05) is 0 Å². The first-order chi connectivity index (χ1) is 23.8. The van der Waals surface area contributed by atoms with Crippen molar-refractivity contribution in [1.29, 1.82) is 0 Å². The van der Waals surface area contributed by atoms with E-state index in [1.165, 1.54) is 0 Å². The molecule has 2 aliphatic rings. The molecule has 10 nitrogen and oxygen atoms in total. The molecule has 0 radical (unpaired) electrons. The van der Waals surface area contributed by atoms with E-state index >= 15 is 0 Å². The van der Waals surface area contributed by atoms with Crippen molar-refractivity contribution in [2.24, 2.45) is 0 Å². The van der Waals surface area contributed by atoms with Gasteiger partial charge in [0, 0.05) is 47.7 Å². The molecule has 236 valence electrons. The van der Waals surface area contributed by atoms with E-state index in [0.29, 0.717) is 64.5 Å². The van der Waals surface area contributed by atoms with Crippen molar-refractivity contribution in [3.8, 4) is 11.9 Å². The summed E-state index contributed by atoms with van der Waals surface area (Å²) in [5.74, 6) is 2.78. The maximum absolute atomic E-state index is 5.80. The summed E-state index contributed by atoms with van der Waals surface area (Å²) in [5, 5.41) is 4.65. The molecule has 0 atom stereocenters. The fraction of sp³-hybridized carbons (Fsp3) is 0.211. The van der Waals surface area contributed by atoms with Gasteiger partial charge in [0.1, 0.15) is 11.0 Å². The highest BCUT2D eigenvalue weighted by Gasteiger charge is 2.27. The highest BCUT2D eigenvalue weighted by molar-refractivity contribution is 6.10. The van der Waals surface area contributed by atoms with Crippen molar-refractivity contribution in [2.45, 2.75) is 0 Å². The van der Waals surface area contributed by atoms with Gasteiger partial charge in [0.2, 0.25) is 11.9 Å². The van der Waals surface area contributed by atoms with Gasteiger partial charge < -0.3 is 19.3 Å². The lowest BCUT2D eigenvalue weighted by Crippen LogP contribution is -2.38. The predicted molar refractivity (Wildman–Crippen MR) is 190 cm³/mol. The molecule has 2 aliphatic heterocycles. The van der Waals surface area contributed by atoms with Crippen LogP contribution >= 0.6 is 0 Å². The molecule has 2 fully saturated rings. The van der Waals surface area contributed by atoms with Gasteiger partial charge in [0.05, 0.1) is 48.5 Å². The standard InChI is InChI=1S/C38H32N8O2/c1-5-13-29-25(9-1)26-10-2-6-14-30(26)45(29)37-39-33-34(35(41-37)43-17-21-47-22-18-43)40-38(42-36(33)44-19-23-48-24-20-44)46-31-15-7-3-11-27(31)28-12-4-8-16-32(28)46/h1-16H,17-24H2. The van der Waals surface area contributed by atoms with Gasteiger partial charge in [0.15, 0.2) is 11.6 Å². The smallest absolute Gasteiger partial charge is 0.237 e. The van der Waals surface area contributed by atoms with Crippen LogP contribution in [-0.4, -0.2) is 81.7 Å². The van der Waals surface area contributed by atoms with Crippen LogP contribution in [0.3, 0.4) is 0 Å². The lowest BCUT2D eigenvalue weighted by atomic mass is 10.2. The summed E-state index contributed by atoms with van der Waals surface area (Å²) in [7, 11) is 0. The normalized spacial score (nSPS) is 15.8. The Balaban J connectivity index is 1.31. The molecule has 4 aromatic carbocycles. The van der Waals surface area contributed by atoms with Crippen molar-refractivity contribution < 1.29 is 9.47 Å². The van der Waals surface area contributed by atoms with E-state index in [1.54, 1.807) is 0 Å². The second-order valence-electron chi connectivity index (χ2n) is 12.3. The van der Waals surface area contributed by atoms with E-state index in [4.69, 9.17) is 29.4 Å². The Labute approximate surface area is 275 Å². The molecular formula is C38H32N8O2. The van der Waals surface area contributed by atoms with Crippen molar-refractivity contribution in [3.05, 3.63) is 97.1 Å². The second-order valence-corrected chi connectivity index (χ2v) is 12.3. The Morgan fingerprint density at radius 2 is 0.708 bits per heavy atom. The fourth-order valence-electron chi connectivity index (χ4n) is 7.43. The van der Waals surface area contributed by atoms with Crippen LogP contribution in [-0.2, 0) is 9.47 Å². The molecule has 6 heterocycles. The zero-order valence-corrected chi connectivity index (χ0v) is 26.3. The van der Waals surface area contributed by atoms with Crippen LogP contribution in [0.4, 0.5) is 11.6 Å². The van der Waals surface area contributed by atoms with Crippen LogP contribution in [0.25, 0.3) is 66.5 Å². The average molecular weight is 633 g/mol. The first-order valence-electron chi connectivity index (χ1n) is 16.6. The maximum atomic E-state index is 5.80. The Morgan fingerprint density at radius 3 is 1.04 bits per heavy atom. The average Bonchev–Trinajstić information content (AvgIpc) is 3.68. The Hall–Kier alpha value is -5.58. The third kappa shape index (κ3) is 4.19. The third-order valence-electron chi connectivity index (χ3n) is 9.66. The number of hydrogen-bond acceptors (Lipinski definition) is 8. The first-order valence-corrected chi connectivity index (χ1v) is 16.6. The maximum Gasteiger partial charge on any atom is 0.237 e. The number of para-hydroxylation sites is 4. The molecule has 0 N–H and O–H groups in total. The quantitative estimate of drug-likeness (QED) is 0.224. The van der Waals surface area contributed by atoms with Gasteiger partial charge in [-0.25, -0.2) is 9.97 Å². The summed E-state index contributed by atoms with van der Waals surface area (Å²) in [6, 6.07) is 33.8. The van der Waals surface area contributed by atoms with Crippen molar-refractivity contribution in [1.82, 2.24) is 29.1 Å². The van der Waals surface area contributed by atoms with Crippen molar-refractivity contribution >= 4 is 66.3 Å². The Morgan fingerprint density at radius 1 is 0.396 bits per heavy atom. The van der Waals surface area contributed by atoms with Crippen molar-refractivity contribution in [2.75, 3.05) is 62.4 Å². The molecule has 0 spiro atoms. The van der Waals surface area contributed by atoms with Gasteiger partial charge in [-0.1, -0.05) is 72.8 Å². The molecule has 0 saturated carbocycles. The van der Waals surface area contributed by atoms with E-state index < -0.39 is 0 Å². The zero-order chi connectivity index (χ0) is 31.6. The number of aromatic nitrogens is 6. The van der Waals surface area contributed by atoms with Crippen LogP contribution in [0.1, 0.15) is 0 Å². The van der Waals surface area contributed by atoms with Gasteiger partial charge >= 0.3 is 0 Å². The molecule has 48 heavy (non-hydrogen) atoms. The van der Waals surface area contributed by atoms with Crippen LogP contribution in [0.15, 0.2) is 97.1 Å².